The minimum Gasteiger partial charge on any atom is -0.493 e. The molecule has 6 heteroatoms. The quantitative estimate of drug-likeness (QED) is 0.374. The van der Waals surface area contributed by atoms with Gasteiger partial charge in [-0.15, -0.1) is 0 Å². The van der Waals surface area contributed by atoms with Crippen LogP contribution in [0.2, 0.25) is 0 Å². The van der Waals surface area contributed by atoms with E-state index in [1.54, 1.807) is 26.0 Å². The first kappa shape index (κ1) is 20.7. The number of carbonyl (C=O) groups excluding carboxylic acids is 2. The first-order chi connectivity index (χ1) is 12.8. The maximum Gasteiger partial charge on any atom is 0.219 e. The predicted molar refractivity (Wildman–Crippen MR) is 108 cm³/mol. The monoisotopic (exact) mass is 428 g/mol. The highest BCUT2D eigenvalue weighted by Gasteiger charge is 2.22. The summed E-state index contributed by atoms with van der Waals surface area (Å²) in [5, 5.41) is 9.56. The van der Waals surface area contributed by atoms with Crippen molar-refractivity contribution in [2.24, 2.45) is 0 Å². The summed E-state index contributed by atoms with van der Waals surface area (Å²) in [7, 11) is 0. The normalized spacial score (nSPS) is 11.2. The molecule has 140 valence electrons. The van der Waals surface area contributed by atoms with Crippen LogP contribution in [0.25, 0.3) is 6.08 Å². The number of H-pyrrole nitrogens is 1. The van der Waals surface area contributed by atoms with E-state index in [1.165, 1.54) is 13.0 Å². The molecule has 0 aliphatic carbocycles. The lowest BCUT2D eigenvalue weighted by atomic mass is 10.0. The van der Waals surface area contributed by atoms with Gasteiger partial charge in [-0.1, -0.05) is 22.9 Å². The van der Waals surface area contributed by atoms with Gasteiger partial charge in [0.1, 0.15) is 17.4 Å². The van der Waals surface area contributed by atoms with Gasteiger partial charge in [-0.3, -0.25) is 9.59 Å². The molecule has 0 saturated heterocycles. The average Bonchev–Trinajstić information content (AvgIpc) is 2.92. The summed E-state index contributed by atoms with van der Waals surface area (Å²) < 4.78 is 6.53. The third-order valence-corrected chi connectivity index (χ3v) is 4.61. The molecule has 0 fully saturated rings. The molecule has 0 aliphatic heterocycles. The van der Waals surface area contributed by atoms with Gasteiger partial charge in [-0.25, -0.2) is 0 Å². The fourth-order valence-electron chi connectivity index (χ4n) is 2.92. The van der Waals surface area contributed by atoms with Gasteiger partial charge in [0.2, 0.25) is 5.78 Å². The zero-order valence-corrected chi connectivity index (χ0v) is 17.4. The summed E-state index contributed by atoms with van der Waals surface area (Å²) in [6.45, 7) is 7.44. The number of rotatable bonds is 7. The van der Waals surface area contributed by atoms with E-state index in [-0.39, 0.29) is 17.1 Å². The van der Waals surface area contributed by atoms with Gasteiger partial charge in [0.25, 0.3) is 0 Å². The molecule has 0 atom stereocenters. The smallest absolute Gasteiger partial charge is 0.219 e. The number of hydrogen-bond acceptors (Lipinski definition) is 4. The lowest BCUT2D eigenvalue weighted by Crippen LogP contribution is -2.05. The molecule has 2 rings (SSSR count). The summed E-state index contributed by atoms with van der Waals surface area (Å²) in [5.41, 5.74) is 2.53. The number of nitrogens with zero attached hydrogens (tertiary/aromatic N) is 1. The summed E-state index contributed by atoms with van der Waals surface area (Å²) in [6, 6.07) is 7.40. The van der Waals surface area contributed by atoms with Crippen LogP contribution in [0.3, 0.4) is 0 Å². The number of ketones is 2. The fraction of sp³-hybridized carbons (Fsp3) is 0.286. The predicted octanol–water partition coefficient (Wildman–Crippen LogP) is 5.18. The Balaban J connectivity index is 2.50. The highest BCUT2D eigenvalue weighted by molar-refractivity contribution is 9.10. The van der Waals surface area contributed by atoms with Crippen molar-refractivity contribution in [3.63, 3.8) is 0 Å². The maximum atomic E-state index is 12.9. The summed E-state index contributed by atoms with van der Waals surface area (Å²) in [4.78, 5) is 27.7. The number of halogens is 1. The van der Waals surface area contributed by atoms with Crippen LogP contribution in [0.1, 0.15) is 57.9 Å². The highest BCUT2D eigenvalue weighted by Crippen LogP contribution is 2.27. The van der Waals surface area contributed by atoms with E-state index in [4.69, 9.17) is 4.74 Å². The first-order valence-corrected chi connectivity index (χ1v) is 9.38. The van der Waals surface area contributed by atoms with E-state index in [1.807, 2.05) is 19.1 Å². The van der Waals surface area contributed by atoms with Crippen molar-refractivity contribution in [3.05, 3.63) is 56.3 Å². The van der Waals surface area contributed by atoms with Crippen molar-refractivity contribution >= 4 is 33.6 Å². The second-order valence-corrected chi connectivity index (χ2v) is 7.13. The van der Waals surface area contributed by atoms with Crippen LogP contribution in [0.5, 0.6) is 5.75 Å². The van der Waals surface area contributed by atoms with E-state index >= 15 is 0 Å². The van der Waals surface area contributed by atoms with Gasteiger partial charge in [-0.05, 0) is 57.0 Å². The van der Waals surface area contributed by atoms with Crippen LogP contribution >= 0.6 is 15.9 Å². The second-order valence-electron chi connectivity index (χ2n) is 6.21. The SMILES string of the molecule is CCCOc1ccc(Br)cc1/C=C(\C#N)C(=O)c1[nH]c(C)c(C(C)=O)c1C. The number of aromatic amines is 1. The topological polar surface area (TPSA) is 82.9 Å². The van der Waals surface area contributed by atoms with Crippen LogP contribution in [0.4, 0.5) is 0 Å². The minimum atomic E-state index is -0.452. The van der Waals surface area contributed by atoms with Crippen LogP contribution in [0.15, 0.2) is 28.2 Å². The Bertz CT molecular complexity index is 965. The van der Waals surface area contributed by atoms with E-state index in [0.29, 0.717) is 34.7 Å². The van der Waals surface area contributed by atoms with Crippen LogP contribution in [0, 0.1) is 25.2 Å². The maximum absolute atomic E-state index is 12.9. The van der Waals surface area contributed by atoms with E-state index in [9.17, 15) is 14.9 Å². The molecule has 0 spiro atoms. The zero-order chi connectivity index (χ0) is 20.1. The number of carbonyl (C=O) groups is 2. The van der Waals surface area contributed by atoms with Crippen molar-refractivity contribution in [1.29, 1.82) is 5.26 Å². The number of benzene rings is 1. The van der Waals surface area contributed by atoms with Gasteiger partial charge in [0.15, 0.2) is 5.78 Å². The number of nitriles is 1. The highest BCUT2D eigenvalue weighted by atomic mass is 79.9. The lowest BCUT2D eigenvalue weighted by Gasteiger charge is -2.09. The van der Waals surface area contributed by atoms with Gasteiger partial charge in [-0.2, -0.15) is 5.26 Å². The molecule has 0 radical (unpaired) electrons. The van der Waals surface area contributed by atoms with Gasteiger partial charge >= 0.3 is 0 Å². The Morgan fingerprint density at radius 2 is 2.04 bits per heavy atom. The first-order valence-electron chi connectivity index (χ1n) is 8.59. The molecule has 2 aromatic rings. The largest absolute Gasteiger partial charge is 0.493 e. The molecular weight excluding hydrogens is 408 g/mol. The van der Waals surface area contributed by atoms with Gasteiger partial charge in [0, 0.05) is 21.3 Å². The standard InChI is InChI=1S/C21H21BrN2O3/c1-5-8-27-18-7-6-17(22)10-15(18)9-16(11-23)21(26)20-12(2)19(14(4)25)13(3)24-20/h6-7,9-10,24H,5,8H2,1-4H3/b16-9+. The van der Waals surface area contributed by atoms with Crippen molar-refractivity contribution < 1.29 is 14.3 Å². The van der Waals surface area contributed by atoms with Crippen molar-refractivity contribution in [2.75, 3.05) is 6.61 Å². The summed E-state index contributed by atoms with van der Waals surface area (Å²) in [5.74, 6) is 0.0291. The van der Waals surface area contributed by atoms with Crippen LogP contribution < -0.4 is 4.74 Å². The van der Waals surface area contributed by atoms with Crippen molar-refractivity contribution in [2.45, 2.75) is 34.1 Å². The Labute approximate surface area is 167 Å². The molecule has 1 heterocycles. The van der Waals surface area contributed by atoms with Crippen molar-refractivity contribution in [1.82, 2.24) is 4.98 Å². The molecule has 5 nitrogen and oxygen atoms in total. The van der Waals surface area contributed by atoms with E-state index < -0.39 is 5.78 Å². The second kappa shape index (κ2) is 8.83. The lowest BCUT2D eigenvalue weighted by molar-refractivity contribution is 0.101. The number of hydrogen-bond donors (Lipinski definition) is 1. The van der Waals surface area contributed by atoms with Crippen molar-refractivity contribution in [3.8, 4) is 11.8 Å². The molecule has 1 N–H and O–H groups in total. The number of allylic oxidation sites excluding steroid dienone is 1. The molecule has 0 bridgehead atoms. The van der Waals surface area contributed by atoms with E-state index in [0.717, 1.165) is 10.9 Å². The van der Waals surface area contributed by atoms with Gasteiger partial charge < -0.3 is 9.72 Å². The molecule has 1 aromatic carbocycles. The zero-order valence-electron chi connectivity index (χ0n) is 15.8. The number of aromatic nitrogens is 1. The van der Waals surface area contributed by atoms with Gasteiger partial charge in [0.05, 0.1) is 12.3 Å². The molecule has 0 amide bonds. The third-order valence-electron chi connectivity index (χ3n) is 4.12. The molecular formula is C21H21BrN2O3. The third kappa shape index (κ3) is 4.55. The Hall–Kier alpha value is -2.65. The minimum absolute atomic E-state index is 0.0334. The molecule has 0 unspecified atom stereocenters. The van der Waals surface area contributed by atoms with Crippen LogP contribution in [-0.2, 0) is 0 Å². The Kier molecular flexibility index (Phi) is 6.75. The summed E-state index contributed by atoms with van der Waals surface area (Å²) in [6.07, 6.45) is 2.36. The Morgan fingerprint density at radius 1 is 1.33 bits per heavy atom. The summed E-state index contributed by atoms with van der Waals surface area (Å²) >= 11 is 3.40. The van der Waals surface area contributed by atoms with E-state index in [2.05, 4.69) is 20.9 Å². The Morgan fingerprint density at radius 3 is 2.59 bits per heavy atom. The molecule has 1 aromatic heterocycles. The fourth-order valence-corrected chi connectivity index (χ4v) is 3.30. The molecule has 27 heavy (non-hydrogen) atoms. The number of aryl methyl sites for hydroxylation is 1. The number of ether oxygens (including phenoxy) is 1. The molecule has 0 saturated carbocycles. The molecule has 0 aliphatic rings. The number of nitrogens with one attached hydrogen (secondary N) is 1. The number of Topliss-reactive ketones (excluding diaryl/α,β-unsaturated/α-hetero) is 2. The average molecular weight is 429 g/mol. The van der Waals surface area contributed by atoms with Crippen LogP contribution in [-0.4, -0.2) is 23.2 Å².